The molecule has 0 unspecified atom stereocenters. The van der Waals surface area contributed by atoms with Gasteiger partial charge in [-0.3, -0.25) is 4.99 Å². The molecular formula is C10H17N. The number of aliphatic imine (C=N–C) groups is 1. The number of hydrogen-bond acceptors (Lipinski definition) is 1. The minimum Gasteiger partial charge on any atom is -0.259 e. The fourth-order valence-electron chi connectivity index (χ4n) is 0.668. The largest absolute Gasteiger partial charge is 0.259 e. The number of hydrogen-bond donors (Lipinski definition) is 0. The second-order valence-corrected chi connectivity index (χ2v) is 2.41. The van der Waals surface area contributed by atoms with Crippen LogP contribution in [0, 0.1) is 0 Å². The molecule has 1 nitrogen and oxygen atoms in total. The Kier molecular flexibility index (Phi) is 5.44. The van der Waals surface area contributed by atoms with Crippen molar-refractivity contribution in [3.63, 3.8) is 0 Å². The van der Waals surface area contributed by atoms with Gasteiger partial charge in [0.1, 0.15) is 0 Å². The van der Waals surface area contributed by atoms with Crippen LogP contribution in [0.2, 0.25) is 0 Å². The number of nitrogens with zero attached hydrogens (tertiary/aromatic N) is 1. The van der Waals surface area contributed by atoms with Gasteiger partial charge in [-0.2, -0.15) is 0 Å². The van der Waals surface area contributed by atoms with Crippen LogP contribution in [-0.2, 0) is 0 Å². The Hall–Kier alpha value is -0.850. The molecule has 0 radical (unpaired) electrons. The first-order valence-electron chi connectivity index (χ1n) is 4.07. The molecule has 0 amide bonds. The quantitative estimate of drug-likeness (QED) is 0.433. The highest BCUT2D eigenvalue weighted by molar-refractivity contribution is 5.82. The van der Waals surface area contributed by atoms with Crippen LogP contribution >= 0.6 is 0 Å². The zero-order valence-electron chi connectivity index (χ0n) is 7.89. The van der Waals surface area contributed by atoms with E-state index in [4.69, 9.17) is 0 Å². The predicted octanol–water partition coefficient (Wildman–Crippen LogP) is 3.34. The maximum absolute atomic E-state index is 4.39. The molecule has 0 spiro atoms. The Morgan fingerprint density at radius 1 is 1.36 bits per heavy atom. The van der Waals surface area contributed by atoms with Gasteiger partial charge in [-0.15, -0.1) is 0 Å². The van der Waals surface area contributed by atoms with Gasteiger partial charge < -0.3 is 0 Å². The molecule has 0 heterocycles. The summed E-state index contributed by atoms with van der Waals surface area (Å²) in [5.41, 5.74) is 2.23. The van der Waals surface area contributed by atoms with E-state index in [1.165, 1.54) is 5.71 Å². The van der Waals surface area contributed by atoms with Gasteiger partial charge in [0.15, 0.2) is 0 Å². The molecule has 0 aromatic rings. The number of rotatable bonds is 3. The fourth-order valence-corrected chi connectivity index (χ4v) is 0.668. The molecular weight excluding hydrogens is 134 g/mol. The van der Waals surface area contributed by atoms with E-state index in [0.29, 0.717) is 0 Å². The molecule has 0 saturated heterocycles. The molecule has 0 atom stereocenters. The second kappa shape index (κ2) is 5.90. The zero-order chi connectivity index (χ0) is 8.69. The first-order valence-corrected chi connectivity index (χ1v) is 4.07. The van der Waals surface area contributed by atoms with E-state index in [1.54, 1.807) is 0 Å². The van der Waals surface area contributed by atoms with Crippen LogP contribution in [0.4, 0.5) is 0 Å². The second-order valence-electron chi connectivity index (χ2n) is 2.41. The molecule has 0 bridgehead atoms. The summed E-state index contributed by atoms with van der Waals surface area (Å²) >= 11 is 0. The van der Waals surface area contributed by atoms with Crippen LogP contribution in [0.3, 0.4) is 0 Å². The lowest BCUT2D eigenvalue weighted by Crippen LogP contribution is -1.87. The molecule has 0 fully saturated rings. The molecule has 11 heavy (non-hydrogen) atoms. The molecule has 62 valence electrons. The molecule has 0 rings (SSSR count). The standard InChI is InChI=1S/C10H17N/c1-5-8-10(7-3)11-9(4)6-2/h5,7-8H,6H2,1-4H3/b8-5-,10-7-,11-9?. The average molecular weight is 151 g/mol. The molecule has 0 aliphatic rings. The summed E-state index contributed by atoms with van der Waals surface area (Å²) < 4.78 is 0. The average Bonchev–Trinajstić information content (AvgIpc) is 2.03. The van der Waals surface area contributed by atoms with Crippen molar-refractivity contribution in [3.05, 3.63) is 23.9 Å². The molecule has 0 aromatic heterocycles. The van der Waals surface area contributed by atoms with Crippen LogP contribution in [0.25, 0.3) is 0 Å². The molecule has 0 N–H and O–H groups in total. The fraction of sp³-hybridized carbons (Fsp3) is 0.500. The minimum atomic E-state index is 1.02. The summed E-state index contributed by atoms with van der Waals surface area (Å²) in [6.45, 7) is 8.16. The summed E-state index contributed by atoms with van der Waals surface area (Å²) in [7, 11) is 0. The monoisotopic (exact) mass is 151 g/mol. The predicted molar refractivity (Wildman–Crippen MR) is 52.0 cm³/mol. The van der Waals surface area contributed by atoms with E-state index in [9.17, 15) is 0 Å². The lowest BCUT2D eigenvalue weighted by molar-refractivity contribution is 1.23. The summed E-state index contributed by atoms with van der Waals surface area (Å²) in [5.74, 6) is 0. The highest BCUT2D eigenvalue weighted by Gasteiger charge is 1.87. The normalized spacial score (nSPS) is 14.5. The van der Waals surface area contributed by atoms with Crippen LogP contribution < -0.4 is 0 Å². The smallest absolute Gasteiger partial charge is 0.0582 e. The Morgan fingerprint density at radius 2 is 2.00 bits per heavy atom. The van der Waals surface area contributed by atoms with E-state index in [-0.39, 0.29) is 0 Å². The summed E-state index contributed by atoms with van der Waals surface area (Å²) in [4.78, 5) is 4.39. The summed E-state index contributed by atoms with van der Waals surface area (Å²) in [6.07, 6.45) is 7.05. The van der Waals surface area contributed by atoms with Crippen LogP contribution in [-0.4, -0.2) is 5.71 Å². The van der Waals surface area contributed by atoms with Gasteiger partial charge in [0.05, 0.1) is 5.70 Å². The lowest BCUT2D eigenvalue weighted by Gasteiger charge is -1.95. The molecule has 0 aliphatic heterocycles. The van der Waals surface area contributed by atoms with Crippen LogP contribution in [0.15, 0.2) is 28.9 Å². The molecule has 0 aliphatic carbocycles. The summed E-state index contributed by atoms with van der Waals surface area (Å²) in [5, 5.41) is 0. The lowest BCUT2D eigenvalue weighted by atomic mass is 10.3. The van der Waals surface area contributed by atoms with Gasteiger partial charge in [-0.25, -0.2) is 0 Å². The van der Waals surface area contributed by atoms with E-state index in [2.05, 4.69) is 11.9 Å². The molecule has 0 saturated carbocycles. The van der Waals surface area contributed by atoms with Crippen molar-refractivity contribution in [2.45, 2.75) is 34.1 Å². The Bertz CT molecular complexity index is 185. The first-order chi connectivity index (χ1) is 5.24. The van der Waals surface area contributed by atoms with E-state index < -0.39 is 0 Å². The first kappa shape index (κ1) is 10.2. The van der Waals surface area contributed by atoms with Gasteiger partial charge >= 0.3 is 0 Å². The SMILES string of the molecule is C/C=C\C(=C\C)N=C(C)CC. The minimum absolute atomic E-state index is 1.02. The van der Waals surface area contributed by atoms with Crippen molar-refractivity contribution in [2.24, 2.45) is 4.99 Å². The van der Waals surface area contributed by atoms with Gasteiger partial charge in [0.25, 0.3) is 0 Å². The van der Waals surface area contributed by atoms with Crippen LogP contribution in [0.1, 0.15) is 34.1 Å². The van der Waals surface area contributed by atoms with Crippen molar-refractivity contribution in [3.8, 4) is 0 Å². The van der Waals surface area contributed by atoms with E-state index >= 15 is 0 Å². The summed E-state index contributed by atoms with van der Waals surface area (Å²) in [6, 6.07) is 0. The maximum Gasteiger partial charge on any atom is 0.0582 e. The van der Waals surface area contributed by atoms with Gasteiger partial charge in [-0.05, 0) is 33.3 Å². The van der Waals surface area contributed by atoms with Gasteiger partial charge in [0, 0.05) is 5.71 Å². The van der Waals surface area contributed by atoms with Crippen molar-refractivity contribution in [1.82, 2.24) is 0 Å². The third kappa shape index (κ3) is 4.54. The van der Waals surface area contributed by atoms with Crippen molar-refractivity contribution < 1.29 is 0 Å². The highest BCUT2D eigenvalue weighted by Crippen LogP contribution is 2.00. The zero-order valence-corrected chi connectivity index (χ0v) is 7.89. The van der Waals surface area contributed by atoms with Crippen molar-refractivity contribution in [1.29, 1.82) is 0 Å². The topological polar surface area (TPSA) is 12.4 Å². The van der Waals surface area contributed by atoms with Crippen molar-refractivity contribution >= 4 is 5.71 Å². The molecule has 1 heteroatoms. The Labute approximate surface area is 69.5 Å². The van der Waals surface area contributed by atoms with Gasteiger partial charge in [-0.1, -0.05) is 19.1 Å². The number of allylic oxidation sites excluding steroid dienone is 3. The third-order valence-corrected chi connectivity index (χ3v) is 1.46. The maximum atomic E-state index is 4.39. The van der Waals surface area contributed by atoms with E-state index in [1.807, 2.05) is 39.0 Å². The van der Waals surface area contributed by atoms with Crippen molar-refractivity contribution in [2.75, 3.05) is 0 Å². The van der Waals surface area contributed by atoms with Crippen LogP contribution in [0.5, 0.6) is 0 Å². The Balaban J connectivity index is 4.31. The highest BCUT2D eigenvalue weighted by atomic mass is 14.7. The molecule has 0 aromatic carbocycles. The Morgan fingerprint density at radius 3 is 2.36 bits per heavy atom. The van der Waals surface area contributed by atoms with E-state index in [0.717, 1.165) is 12.1 Å². The van der Waals surface area contributed by atoms with Gasteiger partial charge in [0.2, 0.25) is 0 Å². The third-order valence-electron chi connectivity index (χ3n) is 1.46.